The van der Waals surface area contributed by atoms with Crippen LogP contribution >= 0.6 is 0 Å². The molecule has 3 aromatic rings. The Labute approximate surface area is 221 Å². The van der Waals surface area contributed by atoms with E-state index in [1.54, 1.807) is 12.5 Å². The van der Waals surface area contributed by atoms with E-state index in [0.29, 0.717) is 0 Å². The zero-order valence-electron chi connectivity index (χ0n) is 22.4. The number of anilines is 2. The molecule has 1 aromatic heterocycles. The lowest BCUT2D eigenvalue weighted by atomic mass is 9.90. The van der Waals surface area contributed by atoms with Gasteiger partial charge in [0.1, 0.15) is 0 Å². The molecule has 0 saturated heterocycles. The number of nitrogens with one attached hydrogen (secondary N) is 2. The fourth-order valence-electron chi connectivity index (χ4n) is 6.58. The topological polar surface area (TPSA) is 61.7 Å². The van der Waals surface area contributed by atoms with Gasteiger partial charge in [-0.2, -0.15) is 0 Å². The minimum Gasteiger partial charge on any atom is -0.458 e. The lowest BCUT2D eigenvalue weighted by molar-refractivity contribution is -0.832. The first kappa shape index (κ1) is 21.8. The quantitative estimate of drug-likeness (QED) is 0.344. The van der Waals surface area contributed by atoms with Crippen LogP contribution < -0.4 is 20.1 Å². The largest absolute Gasteiger partial charge is 0.715 e. The van der Waals surface area contributed by atoms with Crippen molar-refractivity contribution in [3.05, 3.63) is 71.2 Å². The molecule has 0 atom stereocenters. The Hall–Kier alpha value is -4.26. The van der Waals surface area contributed by atoms with Gasteiger partial charge in [-0.05, 0) is 74.0 Å². The molecular weight excluding hydrogens is 476 g/mol. The third kappa shape index (κ3) is 2.79. The van der Waals surface area contributed by atoms with Crippen LogP contribution in [0.3, 0.4) is 0 Å². The molecule has 0 bridgehead atoms. The molecule has 0 amide bonds. The van der Waals surface area contributed by atoms with Crippen molar-refractivity contribution in [3.8, 4) is 11.5 Å². The predicted molar refractivity (Wildman–Crippen MR) is 148 cm³/mol. The Morgan fingerprint density at radius 2 is 1.11 bits per heavy atom. The minimum absolute atomic E-state index is 0.141. The van der Waals surface area contributed by atoms with Crippen molar-refractivity contribution in [2.75, 3.05) is 10.6 Å². The van der Waals surface area contributed by atoms with Crippen molar-refractivity contribution in [1.29, 1.82) is 0 Å². The zero-order valence-corrected chi connectivity index (χ0v) is 22.4. The van der Waals surface area contributed by atoms with Crippen LogP contribution in [0.2, 0.25) is 0 Å². The van der Waals surface area contributed by atoms with E-state index in [1.807, 2.05) is 9.15 Å². The number of rotatable bonds is 0. The zero-order chi connectivity index (χ0) is 26.2. The Kier molecular flexibility index (Phi) is 3.78. The number of furan rings is 1. The van der Waals surface area contributed by atoms with E-state index in [-0.39, 0.29) is 11.1 Å². The van der Waals surface area contributed by atoms with Gasteiger partial charge in [-0.15, -0.1) is 0 Å². The summed E-state index contributed by atoms with van der Waals surface area (Å²) in [6, 6.07) is 7.34. The predicted octanol–water partition coefficient (Wildman–Crippen LogP) is 6.43. The number of hydrogen-bond acceptors (Lipinski definition) is 5. The summed E-state index contributed by atoms with van der Waals surface area (Å²) in [5.74, 6) is 1.52. The highest BCUT2D eigenvalue weighted by molar-refractivity contribution is 5.92. The third-order valence-corrected chi connectivity index (χ3v) is 7.99. The van der Waals surface area contributed by atoms with Gasteiger partial charge in [0.05, 0.1) is 22.2 Å². The number of fused-ring (bicyclic) bond motifs is 7. The molecular formula is C31H30N4O3+2. The van der Waals surface area contributed by atoms with Crippen LogP contribution in [0, 0.1) is 0 Å². The summed E-state index contributed by atoms with van der Waals surface area (Å²) in [6.45, 7) is 13.0. The highest BCUT2D eigenvalue weighted by atomic mass is 16.7. The van der Waals surface area contributed by atoms with Crippen LogP contribution in [0.4, 0.5) is 22.7 Å². The highest BCUT2D eigenvalue weighted by Gasteiger charge is 2.73. The summed E-state index contributed by atoms with van der Waals surface area (Å²) < 4.78 is 23.4. The molecule has 190 valence electrons. The fourth-order valence-corrected chi connectivity index (χ4v) is 6.58. The van der Waals surface area contributed by atoms with Gasteiger partial charge in [-0.1, -0.05) is 12.2 Å². The maximum Gasteiger partial charge on any atom is 0.715 e. The van der Waals surface area contributed by atoms with Crippen LogP contribution in [0.1, 0.15) is 63.8 Å². The van der Waals surface area contributed by atoms with E-state index in [1.165, 1.54) is 22.3 Å². The Morgan fingerprint density at radius 1 is 0.658 bits per heavy atom. The van der Waals surface area contributed by atoms with Crippen molar-refractivity contribution < 1.29 is 23.0 Å². The molecule has 0 unspecified atom stereocenters. The van der Waals surface area contributed by atoms with Gasteiger partial charge < -0.3 is 24.5 Å². The van der Waals surface area contributed by atoms with E-state index in [4.69, 9.17) is 13.9 Å². The summed E-state index contributed by atoms with van der Waals surface area (Å²) in [4.78, 5) is 0. The minimum atomic E-state index is -1.23. The average Bonchev–Trinajstić information content (AvgIpc) is 3.37. The first-order chi connectivity index (χ1) is 18.0. The monoisotopic (exact) mass is 506 g/mol. The maximum absolute atomic E-state index is 6.85. The number of nitrogens with zero attached hydrogens (tertiary/aromatic N) is 2. The molecule has 0 radical (unpaired) electrons. The van der Waals surface area contributed by atoms with Crippen LogP contribution in [0.15, 0.2) is 53.4 Å². The van der Waals surface area contributed by atoms with E-state index in [2.05, 4.69) is 101 Å². The smallest absolute Gasteiger partial charge is 0.458 e. The second-order valence-corrected chi connectivity index (χ2v) is 12.1. The fraction of sp³-hybridized carbons (Fsp3) is 0.290. The summed E-state index contributed by atoms with van der Waals surface area (Å²) in [5, 5.41) is 7.29. The highest BCUT2D eigenvalue weighted by Crippen LogP contribution is 2.51. The van der Waals surface area contributed by atoms with Crippen molar-refractivity contribution in [1.82, 2.24) is 0 Å². The van der Waals surface area contributed by atoms with Gasteiger partial charge in [0.2, 0.25) is 0 Å². The van der Waals surface area contributed by atoms with E-state index >= 15 is 0 Å². The van der Waals surface area contributed by atoms with E-state index in [0.717, 1.165) is 45.4 Å². The number of hydrogen-bond donors (Lipinski definition) is 2. The molecule has 7 heteroatoms. The van der Waals surface area contributed by atoms with Crippen molar-refractivity contribution in [2.24, 2.45) is 0 Å². The van der Waals surface area contributed by atoms with Gasteiger partial charge >= 0.3 is 17.4 Å². The Morgan fingerprint density at radius 3 is 1.55 bits per heavy atom. The molecule has 2 aromatic carbocycles. The van der Waals surface area contributed by atoms with Crippen LogP contribution in [-0.2, 0) is 0 Å². The summed E-state index contributed by atoms with van der Waals surface area (Å²) in [7, 11) is 0. The van der Waals surface area contributed by atoms with Gasteiger partial charge in [-0.25, -0.2) is 0 Å². The SMILES string of the molecule is CC1=CC(C)(C)Nc2cc3c(cc21)C=[N+]1c2cocc2[N+]2=Cc4cc5c(cc4OC12O3)NC(C)(C)C=C5C. The molecule has 1 spiro atoms. The van der Waals surface area contributed by atoms with Gasteiger partial charge in [-0.3, -0.25) is 0 Å². The molecule has 7 nitrogen and oxygen atoms in total. The third-order valence-electron chi connectivity index (χ3n) is 7.99. The van der Waals surface area contributed by atoms with Gasteiger partial charge in [0.15, 0.2) is 36.5 Å². The molecule has 8 rings (SSSR count). The first-order valence-corrected chi connectivity index (χ1v) is 13.1. The number of allylic oxidation sites excluding steroid dienone is 2. The molecule has 0 saturated carbocycles. The van der Waals surface area contributed by atoms with Crippen molar-refractivity contribution in [2.45, 2.75) is 58.7 Å². The molecule has 5 aliphatic rings. The van der Waals surface area contributed by atoms with E-state index < -0.39 is 6.03 Å². The number of ether oxygens (including phenoxy) is 2. The normalized spacial score (nSPS) is 21.4. The van der Waals surface area contributed by atoms with Gasteiger partial charge in [0.25, 0.3) is 0 Å². The summed E-state index contributed by atoms with van der Waals surface area (Å²) >= 11 is 0. The van der Waals surface area contributed by atoms with Crippen molar-refractivity contribution in [3.63, 3.8) is 0 Å². The molecule has 0 fully saturated rings. The Bertz CT molecular complexity index is 1620. The lowest BCUT2D eigenvalue weighted by Crippen LogP contribution is -2.58. The molecule has 38 heavy (non-hydrogen) atoms. The summed E-state index contributed by atoms with van der Waals surface area (Å²) in [6.07, 6.45) is 12.2. The number of benzene rings is 2. The molecule has 6 heterocycles. The van der Waals surface area contributed by atoms with Gasteiger partial charge in [0, 0.05) is 34.6 Å². The van der Waals surface area contributed by atoms with E-state index in [9.17, 15) is 0 Å². The van der Waals surface area contributed by atoms with Crippen LogP contribution in [0.5, 0.6) is 11.5 Å². The molecule has 0 aliphatic carbocycles. The van der Waals surface area contributed by atoms with Crippen molar-refractivity contribution >= 4 is 46.3 Å². The maximum atomic E-state index is 6.85. The lowest BCUT2D eigenvalue weighted by Gasteiger charge is -2.34. The molecule has 5 aliphatic heterocycles. The second kappa shape index (κ2) is 6.59. The summed E-state index contributed by atoms with van der Waals surface area (Å²) in [5.41, 5.74) is 10.4. The molecule has 2 N–H and O–H groups in total. The average molecular weight is 507 g/mol. The first-order valence-electron chi connectivity index (χ1n) is 13.1. The standard InChI is InChI=1S/C31H28N4O3/c1-17-11-29(3,4)32-23-9-27-19(7-21(17)23)13-34-25-15-36-16-26(25)35-14-20-8-22-18(2)12-30(5,6)33-24(22)10-28(20)38-31(34,35)37-27/h7-16H,1-6H3/p+2. The Balaban J connectivity index is 1.31. The van der Waals surface area contributed by atoms with Crippen LogP contribution in [-0.4, -0.2) is 38.7 Å². The van der Waals surface area contributed by atoms with Crippen LogP contribution in [0.25, 0.3) is 11.1 Å². The second-order valence-electron chi connectivity index (χ2n) is 12.1.